The lowest BCUT2D eigenvalue weighted by molar-refractivity contribution is -0.140. The topological polar surface area (TPSA) is 96.7 Å². The van der Waals surface area contributed by atoms with E-state index in [0.29, 0.717) is 11.5 Å². The maximum atomic E-state index is 12.5. The van der Waals surface area contributed by atoms with Gasteiger partial charge in [0, 0.05) is 42.8 Å². The van der Waals surface area contributed by atoms with Crippen LogP contribution in [0.1, 0.15) is 32.1 Å². The van der Waals surface area contributed by atoms with E-state index >= 15 is 0 Å². The first kappa shape index (κ1) is 19.4. The van der Waals surface area contributed by atoms with Gasteiger partial charge >= 0.3 is 0 Å². The Bertz CT molecular complexity index is 1100. The largest absolute Gasteiger partial charge is 0.326 e. The van der Waals surface area contributed by atoms with E-state index < -0.39 is 0 Å². The highest BCUT2D eigenvalue weighted by molar-refractivity contribution is 6.05. The summed E-state index contributed by atoms with van der Waals surface area (Å²) in [4.78, 5) is 47.4. The number of carbonyl (C=O) groups is 3. The molecule has 3 aromatic rings. The molecule has 2 atom stereocenters. The molecule has 3 amide bonds. The number of nitrogens with one attached hydrogen (secondary N) is 1. The summed E-state index contributed by atoms with van der Waals surface area (Å²) < 4.78 is 1.85. The number of rotatable bonds is 5. The van der Waals surface area contributed by atoms with Gasteiger partial charge in [0.2, 0.25) is 23.5 Å². The van der Waals surface area contributed by atoms with Gasteiger partial charge in [0.1, 0.15) is 0 Å². The molecule has 8 nitrogen and oxygen atoms in total. The predicted molar refractivity (Wildman–Crippen MR) is 114 cm³/mol. The number of benzene rings is 1. The highest BCUT2D eigenvalue weighted by Gasteiger charge is 2.47. The van der Waals surface area contributed by atoms with Crippen molar-refractivity contribution in [1.82, 2.24) is 19.3 Å². The minimum atomic E-state index is -0.222. The molecule has 2 aromatic heterocycles. The Labute approximate surface area is 179 Å². The standard InChI is InChI=1S/C23H23N5O3/c29-20(10-13-28-21(30)17-4-1-2-5-18(17)22(28)31)25-16-8-6-15(7-9-16)19-14-27-12-3-11-24-23(27)26-19/h3,6-9,11-12,14,17-18H,1-2,4-5,10,13H2,(H,25,29)/t17-,18+. The van der Waals surface area contributed by atoms with Gasteiger partial charge < -0.3 is 5.32 Å². The summed E-state index contributed by atoms with van der Waals surface area (Å²) in [7, 11) is 0. The summed E-state index contributed by atoms with van der Waals surface area (Å²) in [6.45, 7) is 0.142. The van der Waals surface area contributed by atoms with E-state index in [2.05, 4.69) is 15.3 Å². The average molecular weight is 417 g/mol. The molecule has 8 heteroatoms. The van der Waals surface area contributed by atoms with Gasteiger partial charge in [0.15, 0.2) is 0 Å². The van der Waals surface area contributed by atoms with Crippen molar-refractivity contribution in [1.29, 1.82) is 0 Å². The van der Waals surface area contributed by atoms with Crippen LogP contribution >= 0.6 is 0 Å². The highest BCUT2D eigenvalue weighted by Crippen LogP contribution is 2.38. The average Bonchev–Trinajstić information content (AvgIpc) is 3.33. The number of nitrogens with zero attached hydrogens (tertiary/aromatic N) is 4. The number of amides is 3. The molecule has 158 valence electrons. The number of fused-ring (bicyclic) bond motifs is 2. The number of hydrogen-bond donors (Lipinski definition) is 1. The zero-order chi connectivity index (χ0) is 21.4. The molecule has 1 saturated carbocycles. The van der Waals surface area contributed by atoms with Crippen LogP contribution in [0.5, 0.6) is 0 Å². The first-order valence-corrected chi connectivity index (χ1v) is 10.7. The molecule has 2 fully saturated rings. The molecule has 0 bridgehead atoms. The van der Waals surface area contributed by atoms with Gasteiger partial charge in [-0.3, -0.25) is 23.7 Å². The normalized spacial score (nSPS) is 20.8. The Hall–Kier alpha value is -3.55. The molecule has 0 unspecified atom stereocenters. The molecule has 1 aliphatic carbocycles. The van der Waals surface area contributed by atoms with E-state index in [1.54, 1.807) is 6.20 Å². The molecule has 1 saturated heterocycles. The van der Waals surface area contributed by atoms with Crippen molar-refractivity contribution in [3.8, 4) is 11.3 Å². The second kappa shape index (κ2) is 7.94. The van der Waals surface area contributed by atoms with Gasteiger partial charge in [-0.15, -0.1) is 0 Å². The van der Waals surface area contributed by atoms with Crippen LogP contribution in [0.25, 0.3) is 17.0 Å². The molecule has 3 heterocycles. The molecule has 0 spiro atoms. The summed E-state index contributed by atoms with van der Waals surface area (Å²) in [5, 5.41) is 2.84. The maximum absolute atomic E-state index is 12.5. The molecule has 31 heavy (non-hydrogen) atoms. The lowest BCUT2D eigenvalue weighted by atomic mass is 9.81. The minimum absolute atomic E-state index is 0.0940. The monoisotopic (exact) mass is 417 g/mol. The third-order valence-electron chi connectivity index (χ3n) is 6.19. The summed E-state index contributed by atoms with van der Waals surface area (Å²) in [6, 6.07) is 9.23. The fourth-order valence-corrected chi connectivity index (χ4v) is 4.58. The first-order valence-electron chi connectivity index (χ1n) is 10.7. The molecule has 5 rings (SSSR count). The number of anilines is 1. The number of hydrogen-bond acceptors (Lipinski definition) is 5. The van der Waals surface area contributed by atoms with E-state index in [1.807, 2.05) is 47.1 Å². The molecule has 1 aliphatic heterocycles. The molecule has 2 aliphatic rings. The fraction of sp³-hybridized carbons (Fsp3) is 0.348. The van der Waals surface area contributed by atoms with E-state index in [1.165, 1.54) is 4.90 Å². The molecule has 0 radical (unpaired) electrons. The summed E-state index contributed by atoms with van der Waals surface area (Å²) in [5.74, 6) is -0.151. The maximum Gasteiger partial charge on any atom is 0.234 e. The number of imide groups is 1. The van der Waals surface area contributed by atoms with Crippen LogP contribution in [-0.4, -0.2) is 43.5 Å². The number of likely N-dealkylation sites (tertiary alicyclic amines) is 1. The summed E-state index contributed by atoms with van der Waals surface area (Å²) >= 11 is 0. The van der Waals surface area contributed by atoms with Gasteiger partial charge in [-0.2, -0.15) is 0 Å². The first-order chi connectivity index (χ1) is 15.1. The highest BCUT2D eigenvalue weighted by atomic mass is 16.2. The SMILES string of the molecule is O=C(CCN1C(=O)[C@H]2CCCC[C@H]2C1=O)Nc1ccc(-c2cn3cccnc3n2)cc1. The van der Waals surface area contributed by atoms with Crippen molar-refractivity contribution in [2.24, 2.45) is 11.8 Å². The number of aromatic nitrogens is 3. The Morgan fingerprint density at radius 1 is 1.06 bits per heavy atom. The van der Waals surface area contributed by atoms with Gasteiger partial charge in [-0.25, -0.2) is 9.97 Å². The summed E-state index contributed by atoms with van der Waals surface area (Å²) in [5.41, 5.74) is 2.37. The molecular weight excluding hydrogens is 394 g/mol. The summed E-state index contributed by atoms with van der Waals surface area (Å²) in [6.07, 6.45) is 9.14. The minimum Gasteiger partial charge on any atom is -0.326 e. The van der Waals surface area contributed by atoms with Crippen LogP contribution in [0, 0.1) is 11.8 Å². The van der Waals surface area contributed by atoms with Crippen molar-refractivity contribution in [3.63, 3.8) is 0 Å². The van der Waals surface area contributed by atoms with E-state index in [0.717, 1.165) is 36.9 Å². The Kier molecular flexibility index (Phi) is 4.97. The predicted octanol–water partition coefficient (Wildman–Crippen LogP) is 2.90. The van der Waals surface area contributed by atoms with Crippen LogP contribution in [0.15, 0.2) is 48.9 Å². The van der Waals surface area contributed by atoms with E-state index in [4.69, 9.17) is 0 Å². The van der Waals surface area contributed by atoms with Crippen LogP contribution in [0.2, 0.25) is 0 Å². The second-order valence-corrected chi connectivity index (χ2v) is 8.15. The van der Waals surface area contributed by atoms with Gasteiger partial charge in [0.25, 0.3) is 0 Å². The van der Waals surface area contributed by atoms with E-state index in [-0.39, 0.29) is 42.5 Å². The van der Waals surface area contributed by atoms with Crippen molar-refractivity contribution in [3.05, 3.63) is 48.9 Å². The molecular formula is C23H23N5O3. The second-order valence-electron chi connectivity index (χ2n) is 8.15. The van der Waals surface area contributed by atoms with Crippen LogP contribution in [0.3, 0.4) is 0 Å². The lowest BCUT2D eigenvalue weighted by Gasteiger charge is -2.19. The van der Waals surface area contributed by atoms with Crippen molar-refractivity contribution >= 4 is 29.2 Å². The van der Waals surface area contributed by atoms with Gasteiger partial charge in [0.05, 0.1) is 17.5 Å². The van der Waals surface area contributed by atoms with Crippen molar-refractivity contribution < 1.29 is 14.4 Å². The number of imidazole rings is 1. The molecule has 1 N–H and O–H groups in total. The molecule has 1 aromatic carbocycles. The smallest absolute Gasteiger partial charge is 0.234 e. The van der Waals surface area contributed by atoms with Crippen LogP contribution in [0.4, 0.5) is 5.69 Å². The Morgan fingerprint density at radius 3 is 2.45 bits per heavy atom. The van der Waals surface area contributed by atoms with Crippen LogP contribution < -0.4 is 5.32 Å². The number of carbonyl (C=O) groups excluding carboxylic acids is 3. The van der Waals surface area contributed by atoms with Crippen LogP contribution in [-0.2, 0) is 14.4 Å². The van der Waals surface area contributed by atoms with Crippen molar-refractivity contribution in [2.45, 2.75) is 32.1 Å². The zero-order valence-electron chi connectivity index (χ0n) is 17.0. The third kappa shape index (κ3) is 3.69. The van der Waals surface area contributed by atoms with Gasteiger partial charge in [-0.1, -0.05) is 25.0 Å². The van der Waals surface area contributed by atoms with Crippen molar-refractivity contribution in [2.75, 3.05) is 11.9 Å². The Morgan fingerprint density at radius 2 is 1.77 bits per heavy atom. The fourth-order valence-electron chi connectivity index (χ4n) is 4.58. The Balaban J connectivity index is 1.19. The lowest BCUT2D eigenvalue weighted by Crippen LogP contribution is -2.34. The van der Waals surface area contributed by atoms with Gasteiger partial charge in [-0.05, 0) is 31.0 Å². The van der Waals surface area contributed by atoms with E-state index in [9.17, 15) is 14.4 Å². The third-order valence-corrected chi connectivity index (χ3v) is 6.19. The quantitative estimate of drug-likeness (QED) is 0.644. The zero-order valence-corrected chi connectivity index (χ0v) is 17.0.